The third-order valence-corrected chi connectivity index (χ3v) is 8.61. The second kappa shape index (κ2) is 13.1. The number of hydrogen-bond acceptors (Lipinski definition) is 15. The number of aliphatic hydroxyl groups is 1. The third-order valence-electron chi connectivity index (χ3n) is 8.61. The zero-order valence-electron chi connectivity index (χ0n) is 25.6. The Kier molecular flexibility index (Phi) is 9.58. The lowest BCUT2D eigenvalue weighted by molar-refractivity contribution is -0.138. The van der Waals surface area contributed by atoms with Gasteiger partial charge in [0.25, 0.3) is 0 Å². The predicted molar refractivity (Wildman–Crippen MR) is 144 cm³/mol. The lowest BCUT2D eigenvalue weighted by Gasteiger charge is -2.32. The lowest BCUT2D eigenvalue weighted by atomic mass is 9.99. The summed E-state index contributed by atoms with van der Waals surface area (Å²) in [6, 6.07) is 0. The van der Waals surface area contributed by atoms with E-state index in [2.05, 4.69) is 0 Å². The number of carbonyl (C=O) groups is 2. The Morgan fingerprint density at radius 1 is 0.682 bits per heavy atom. The van der Waals surface area contributed by atoms with Crippen molar-refractivity contribution in [3.63, 3.8) is 0 Å². The topological polar surface area (TPSA) is 165 Å². The van der Waals surface area contributed by atoms with Gasteiger partial charge in [-0.2, -0.15) is 0 Å². The number of hydrogen-bond donors (Lipinski definition) is 1. The van der Waals surface area contributed by atoms with Gasteiger partial charge in [0.2, 0.25) is 0 Å². The van der Waals surface area contributed by atoms with Gasteiger partial charge in [-0.1, -0.05) is 0 Å². The van der Waals surface area contributed by atoms with Crippen LogP contribution in [-0.4, -0.2) is 149 Å². The number of cyclic esters (lactones) is 4. The maximum atomic E-state index is 11.3. The van der Waals surface area contributed by atoms with Crippen molar-refractivity contribution < 1.29 is 71.5 Å². The molecular weight excluding hydrogens is 588 g/mol. The van der Waals surface area contributed by atoms with Gasteiger partial charge in [-0.25, -0.2) is 9.59 Å². The van der Waals surface area contributed by atoms with E-state index in [0.717, 1.165) is 0 Å². The molecule has 0 radical (unpaired) electrons. The fourth-order valence-corrected chi connectivity index (χ4v) is 6.82. The molecule has 6 heterocycles. The molecule has 6 aliphatic heterocycles. The van der Waals surface area contributed by atoms with Crippen LogP contribution in [0.3, 0.4) is 0 Å². The highest BCUT2D eigenvalue weighted by molar-refractivity contribution is 5.62. The van der Waals surface area contributed by atoms with E-state index in [9.17, 15) is 14.7 Å². The van der Waals surface area contributed by atoms with Crippen molar-refractivity contribution in [2.75, 3.05) is 52.9 Å². The molecule has 11 atom stereocenters. The van der Waals surface area contributed by atoms with E-state index in [4.69, 9.17) is 56.8 Å². The standard InChI is InChI=1S/C29H44O15/c1-28(2,43-20-13-38-23-19(12-36-24(20)23)34-9-17-10-40-27(32)42-17)5-15(30)7-33-18-11-35-25-21(14-37-22(18)25)44-29(3,4)6-16-8-39-26(31)41-16/h15-25,30H,5-14H2,1-4H3/t15?,16?,17?,18-,19+,20-,21+,22+,23-,24-,25+/m1/s1. The fourth-order valence-electron chi connectivity index (χ4n) is 6.82. The van der Waals surface area contributed by atoms with E-state index in [0.29, 0.717) is 39.3 Å². The maximum Gasteiger partial charge on any atom is 0.508 e. The molecule has 0 aromatic heterocycles. The summed E-state index contributed by atoms with van der Waals surface area (Å²) in [5.41, 5.74) is -1.28. The lowest BCUT2D eigenvalue weighted by Crippen LogP contribution is -2.42. The van der Waals surface area contributed by atoms with Crippen molar-refractivity contribution in [3.05, 3.63) is 0 Å². The molecule has 15 nitrogen and oxygen atoms in total. The highest BCUT2D eigenvalue weighted by Crippen LogP contribution is 2.36. The zero-order valence-corrected chi connectivity index (χ0v) is 25.6. The van der Waals surface area contributed by atoms with Gasteiger partial charge < -0.3 is 61.9 Å². The van der Waals surface area contributed by atoms with Crippen LogP contribution >= 0.6 is 0 Å². The first-order valence-electron chi connectivity index (χ1n) is 15.3. The summed E-state index contributed by atoms with van der Waals surface area (Å²) in [6.45, 7) is 9.74. The molecule has 0 spiro atoms. The summed E-state index contributed by atoms with van der Waals surface area (Å²) in [4.78, 5) is 22.4. The first-order valence-corrected chi connectivity index (χ1v) is 15.3. The Labute approximate surface area is 255 Å². The van der Waals surface area contributed by atoms with E-state index < -0.39 is 35.7 Å². The van der Waals surface area contributed by atoms with Crippen molar-refractivity contribution in [1.29, 1.82) is 0 Å². The second-order valence-electron chi connectivity index (χ2n) is 13.4. The van der Waals surface area contributed by atoms with Crippen LogP contribution in [-0.2, 0) is 56.8 Å². The monoisotopic (exact) mass is 632 g/mol. The molecule has 0 aromatic carbocycles. The minimum Gasteiger partial charge on any atom is -0.430 e. The van der Waals surface area contributed by atoms with Gasteiger partial charge in [0.15, 0.2) is 6.10 Å². The summed E-state index contributed by atoms with van der Waals surface area (Å²) in [5, 5.41) is 10.9. The average molecular weight is 633 g/mol. The third kappa shape index (κ3) is 7.58. The van der Waals surface area contributed by atoms with Gasteiger partial charge in [0, 0.05) is 12.8 Å². The highest BCUT2D eigenvalue weighted by Gasteiger charge is 2.52. The van der Waals surface area contributed by atoms with Crippen molar-refractivity contribution in [3.8, 4) is 0 Å². The Hall–Kier alpha value is -1.82. The quantitative estimate of drug-likeness (QED) is 0.268. The van der Waals surface area contributed by atoms with Crippen LogP contribution in [0.2, 0.25) is 0 Å². The molecular formula is C29H44O15. The van der Waals surface area contributed by atoms with E-state index in [1.165, 1.54) is 0 Å². The molecule has 15 heteroatoms. The Morgan fingerprint density at radius 3 is 1.70 bits per heavy atom. The normalized spacial score (nSPS) is 39.1. The second-order valence-corrected chi connectivity index (χ2v) is 13.4. The van der Waals surface area contributed by atoms with E-state index in [-0.39, 0.29) is 81.4 Å². The summed E-state index contributed by atoms with van der Waals surface area (Å²) in [6.07, 6.45) is -4.58. The van der Waals surface area contributed by atoms with Crippen molar-refractivity contribution in [2.45, 2.75) is 119 Å². The number of ether oxygens (including phenoxy) is 12. The van der Waals surface area contributed by atoms with Gasteiger partial charge >= 0.3 is 12.3 Å². The summed E-state index contributed by atoms with van der Waals surface area (Å²) in [7, 11) is 0. The molecule has 0 bridgehead atoms. The van der Waals surface area contributed by atoms with Gasteiger partial charge in [0.1, 0.15) is 68.1 Å². The SMILES string of the molecule is CC(C)(CC1COC(=O)O1)O[C@H]1CO[C@@H]2[C@H]1OC[C@H]2OCC(O)CC(C)(C)O[C@@H]1CO[C@H]2[C@@H]1OC[C@@H]2OCC1COC(=O)O1. The van der Waals surface area contributed by atoms with Gasteiger partial charge in [0.05, 0.1) is 56.9 Å². The van der Waals surface area contributed by atoms with Crippen LogP contribution in [0, 0.1) is 0 Å². The molecule has 0 aliphatic carbocycles. The Bertz CT molecular complexity index is 1020. The predicted octanol–water partition coefficient (Wildman–Crippen LogP) is 0.892. The molecule has 250 valence electrons. The molecule has 1 N–H and O–H groups in total. The van der Waals surface area contributed by atoms with Gasteiger partial charge in [-0.15, -0.1) is 0 Å². The minimum atomic E-state index is -0.789. The van der Waals surface area contributed by atoms with E-state index in [1.807, 2.05) is 27.7 Å². The molecule has 0 amide bonds. The highest BCUT2D eigenvalue weighted by atomic mass is 16.8. The summed E-state index contributed by atoms with van der Waals surface area (Å²) in [5.74, 6) is 0. The Morgan fingerprint density at radius 2 is 1.16 bits per heavy atom. The van der Waals surface area contributed by atoms with Crippen LogP contribution in [0.5, 0.6) is 0 Å². The van der Waals surface area contributed by atoms with Crippen LogP contribution in [0.1, 0.15) is 40.5 Å². The number of rotatable bonds is 14. The fraction of sp³-hybridized carbons (Fsp3) is 0.931. The summed E-state index contributed by atoms with van der Waals surface area (Å²) >= 11 is 0. The molecule has 6 rings (SSSR count). The van der Waals surface area contributed by atoms with Gasteiger partial charge in [-0.3, -0.25) is 0 Å². The van der Waals surface area contributed by atoms with Crippen LogP contribution in [0.4, 0.5) is 9.59 Å². The molecule has 3 unspecified atom stereocenters. The largest absolute Gasteiger partial charge is 0.508 e. The summed E-state index contributed by atoms with van der Waals surface area (Å²) < 4.78 is 68.4. The average Bonchev–Trinajstić information content (AvgIpc) is 3.77. The zero-order chi connectivity index (χ0) is 31.1. The smallest absolute Gasteiger partial charge is 0.430 e. The minimum absolute atomic E-state index is 0.0898. The van der Waals surface area contributed by atoms with Crippen LogP contribution in [0.15, 0.2) is 0 Å². The molecule has 6 aliphatic rings. The molecule has 44 heavy (non-hydrogen) atoms. The van der Waals surface area contributed by atoms with E-state index >= 15 is 0 Å². The molecule has 0 saturated carbocycles. The van der Waals surface area contributed by atoms with Gasteiger partial charge in [-0.05, 0) is 27.7 Å². The van der Waals surface area contributed by atoms with E-state index in [1.54, 1.807) is 0 Å². The maximum absolute atomic E-state index is 11.3. The first kappa shape index (κ1) is 32.1. The van der Waals surface area contributed by atoms with Crippen molar-refractivity contribution in [2.24, 2.45) is 0 Å². The van der Waals surface area contributed by atoms with Crippen molar-refractivity contribution >= 4 is 12.3 Å². The number of fused-ring (bicyclic) bond motifs is 2. The van der Waals surface area contributed by atoms with Crippen LogP contribution in [0.25, 0.3) is 0 Å². The molecule has 6 fully saturated rings. The molecule has 0 aromatic rings. The Balaban J connectivity index is 0.906. The first-order chi connectivity index (χ1) is 20.9. The number of carbonyl (C=O) groups excluding carboxylic acids is 2. The molecule has 6 saturated heterocycles. The van der Waals surface area contributed by atoms with Crippen LogP contribution < -0.4 is 0 Å². The van der Waals surface area contributed by atoms with Crippen molar-refractivity contribution in [1.82, 2.24) is 0 Å². The number of aliphatic hydroxyl groups excluding tert-OH is 1.